The van der Waals surface area contributed by atoms with E-state index in [0.717, 1.165) is 0 Å². The third-order valence-corrected chi connectivity index (χ3v) is 2.55. The van der Waals surface area contributed by atoms with Crippen LogP contribution in [0.2, 0.25) is 0 Å². The molecule has 1 aromatic carbocycles. The molecule has 0 aromatic heterocycles. The van der Waals surface area contributed by atoms with Crippen molar-refractivity contribution in [2.75, 3.05) is 0 Å². The van der Waals surface area contributed by atoms with Gasteiger partial charge in [0.05, 0.1) is 0 Å². The predicted octanol–water partition coefficient (Wildman–Crippen LogP) is 0.985. The quantitative estimate of drug-likeness (QED) is 0.632. The van der Waals surface area contributed by atoms with Crippen molar-refractivity contribution in [1.29, 1.82) is 0 Å². The maximum atomic E-state index is 10.1. The van der Waals surface area contributed by atoms with E-state index in [0.29, 0.717) is 5.56 Å². The van der Waals surface area contributed by atoms with E-state index in [2.05, 4.69) is 0 Å². The molecule has 1 rings (SSSR count). The lowest BCUT2D eigenvalue weighted by Gasteiger charge is -2.36. The summed E-state index contributed by atoms with van der Waals surface area (Å²) in [6, 6.07) is 8.66. The number of benzene rings is 1. The molecule has 0 bridgehead atoms. The Morgan fingerprint density at radius 3 is 1.93 bits per heavy atom. The van der Waals surface area contributed by atoms with E-state index in [-0.39, 0.29) is 6.42 Å². The Labute approximate surface area is 83.6 Å². The Morgan fingerprint density at radius 2 is 1.57 bits per heavy atom. The molecule has 1 unspecified atom stereocenters. The number of hydrogen-bond donors (Lipinski definition) is 3. The van der Waals surface area contributed by atoms with Gasteiger partial charge in [0, 0.05) is 0 Å². The van der Waals surface area contributed by atoms with E-state index < -0.39 is 11.4 Å². The molecule has 0 amide bonds. The van der Waals surface area contributed by atoms with Crippen molar-refractivity contribution in [2.45, 2.75) is 31.7 Å². The van der Waals surface area contributed by atoms with Gasteiger partial charge >= 0.3 is 0 Å². The van der Waals surface area contributed by atoms with Crippen LogP contribution in [0.5, 0.6) is 0 Å². The molecule has 0 saturated carbocycles. The highest BCUT2D eigenvalue weighted by Crippen LogP contribution is 2.34. The summed E-state index contributed by atoms with van der Waals surface area (Å²) < 4.78 is 0. The third-order valence-electron chi connectivity index (χ3n) is 2.55. The molecule has 0 saturated heterocycles. The van der Waals surface area contributed by atoms with Crippen LogP contribution in [0.1, 0.15) is 25.8 Å². The topological polar surface area (TPSA) is 60.7 Å². The van der Waals surface area contributed by atoms with Crippen molar-refractivity contribution in [3.8, 4) is 0 Å². The Hall–Kier alpha value is -0.900. The maximum absolute atomic E-state index is 10.1. The van der Waals surface area contributed by atoms with Crippen LogP contribution < -0.4 is 0 Å². The summed E-state index contributed by atoms with van der Waals surface area (Å²) in [7, 11) is 0. The standard InChI is InChI=1S/C11H16O3/c1-3-11(14,10(2,12)13)9-7-5-4-6-8-9/h4-8,12-14H,3H2,1-2H3. The zero-order valence-electron chi connectivity index (χ0n) is 8.44. The zero-order chi connectivity index (χ0) is 10.8. The molecule has 0 spiro atoms. The summed E-state index contributed by atoms with van der Waals surface area (Å²) in [6.45, 7) is 2.89. The largest absolute Gasteiger partial charge is 0.380 e. The first-order chi connectivity index (χ1) is 6.42. The minimum Gasteiger partial charge on any atom is -0.380 e. The molecule has 0 aliphatic rings. The van der Waals surface area contributed by atoms with Crippen molar-refractivity contribution in [3.05, 3.63) is 35.9 Å². The first-order valence-electron chi connectivity index (χ1n) is 4.64. The summed E-state index contributed by atoms with van der Waals surface area (Å²) in [5.41, 5.74) is -1.11. The second kappa shape index (κ2) is 3.69. The Morgan fingerprint density at radius 1 is 1.07 bits per heavy atom. The second-order valence-electron chi connectivity index (χ2n) is 3.60. The van der Waals surface area contributed by atoms with E-state index in [1.165, 1.54) is 6.92 Å². The van der Waals surface area contributed by atoms with Crippen molar-refractivity contribution >= 4 is 0 Å². The van der Waals surface area contributed by atoms with Gasteiger partial charge in [-0.15, -0.1) is 0 Å². The zero-order valence-corrected chi connectivity index (χ0v) is 8.44. The molecule has 14 heavy (non-hydrogen) atoms. The molecule has 78 valence electrons. The third kappa shape index (κ3) is 1.80. The van der Waals surface area contributed by atoms with Gasteiger partial charge in [-0.05, 0) is 18.9 Å². The molecule has 0 radical (unpaired) electrons. The summed E-state index contributed by atoms with van der Waals surface area (Å²) >= 11 is 0. The van der Waals surface area contributed by atoms with Crippen LogP contribution in [0, 0.1) is 0 Å². The highest BCUT2D eigenvalue weighted by atomic mass is 16.5. The van der Waals surface area contributed by atoms with Crippen LogP contribution in [0.4, 0.5) is 0 Å². The van der Waals surface area contributed by atoms with Crippen LogP contribution >= 0.6 is 0 Å². The molecule has 3 nitrogen and oxygen atoms in total. The van der Waals surface area contributed by atoms with Gasteiger partial charge in [-0.25, -0.2) is 0 Å². The summed E-state index contributed by atoms with van der Waals surface area (Å²) in [6.07, 6.45) is 0.237. The van der Waals surface area contributed by atoms with E-state index >= 15 is 0 Å². The van der Waals surface area contributed by atoms with Gasteiger partial charge in [0.1, 0.15) is 5.60 Å². The average molecular weight is 196 g/mol. The molecular formula is C11H16O3. The molecule has 3 heteroatoms. The summed E-state index contributed by atoms with van der Waals surface area (Å²) in [5, 5.41) is 29.1. The molecule has 0 heterocycles. The lowest BCUT2D eigenvalue weighted by atomic mass is 9.84. The van der Waals surface area contributed by atoms with Gasteiger partial charge in [0.2, 0.25) is 0 Å². The minimum atomic E-state index is -2.14. The smallest absolute Gasteiger partial charge is 0.193 e. The normalized spacial score (nSPS) is 16.4. The lowest BCUT2D eigenvalue weighted by molar-refractivity contribution is -0.270. The summed E-state index contributed by atoms with van der Waals surface area (Å²) in [5.74, 6) is -2.14. The van der Waals surface area contributed by atoms with E-state index in [4.69, 9.17) is 0 Å². The van der Waals surface area contributed by atoms with Crippen molar-refractivity contribution in [1.82, 2.24) is 0 Å². The fourth-order valence-corrected chi connectivity index (χ4v) is 1.53. The van der Waals surface area contributed by atoms with Crippen LogP contribution in [-0.4, -0.2) is 21.1 Å². The average Bonchev–Trinajstić information content (AvgIpc) is 2.16. The minimum absolute atomic E-state index is 0.237. The van der Waals surface area contributed by atoms with Crippen molar-refractivity contribution in [3.63, 3.8) is 0 Å². The molecule has 3 N–H and O–H groups in total. The predicted molar refractivity (Wildman–Crippen MR) is 53.5 cm³/mol. The highest BCUT2D eigenvalue weighted by molar-refractivity contribution is 5.24. The summed E-state index contributed by atoms with van der Waals surface area (Å²) in [4.78, 5) is 0. The van der Waals surface area contributed by atoms with Crippen LogP contribution in [0.3, 0.4) is 0 Å². The Balaban J connectivity index is 3.15. The van der Waals surface area contributed by atoms with Gasteiger partial charge in [-0.2, -0.15) is 0 Å². The number of rotatable bonds is 3. The van der Waals surface area contributed by atoms with E-state index in [9.17, 15) is 15.3 Å². The van der Waals surface area contributed by atoms with E-state index in [1.54, 1.807) is 31.2 Å². The Kier molecular flexibility index (Phi) is 2.95. The maximum Gasteiger partial charge on any atom is 0.193 e. The van der Waals surface area contributed by atoms with Crippen molar-refractivity contribution in [2.24, 2.45) is 0 Å². The first kappa shape index (κ1) is 11.2. The van der Waals surface area contributed by atoms with Crippen LogP contribution in [0.15, 0.2) is 30.3 Å². The van der Waals surface area contributed by atoms with Gasteiger partial charge in [0.15, 0.2) is 5.79 Å². The SMILES string of the molecule is CCC(O)(c1ccccc1)C(C)(O)O. The molecule has 1 atom stereocenters. The molecule has 1 aromatic rings. The van der Waals surface area contributed by atoms with Crippen LogP contribution in [-0.2, 0) is 5.60 Å². The monoisotopic (exact) mass is 196 g/mol. The fourth-order valence-electron chi connectivity index (χ4n) is 1.53. The van der Waals surface area contributed by atoms with Gasteiger partial charge in [0.25, 0.3) is 0 Å². The molecule has 0 fully saturated rings. The van der Waals surface area contributed by atoms with E-state index in [1.807, 2.05) is 6.07 Å². The van der Waals surface area contributed by atoms with Gasteiger partial charge < -0.3 is 15.3 Å². The van der Waals surface area contributed by atoms with Gasteiger partial charge in [-0.3, -0.25) is 0 Å². The fraction of sp³-hybridized carbons (Fsp3) is 0.455. The first-order valence-corrected chi connectivity index (χ1v) is 4.64. The van der Waals surface area contributed by atoms with Crippen molar-refractivity contribution < 1.29 is 15.3 Å². The van der Waals surface area contributed by atoms with Gasteiger partial charge in [-0.1, -0.05) is 37.3 Å². The lowest BCUT2D eigenvalue weighted by Crippen LogP contribution is -2.49. The second-order valence-corrected chi connectivity index (χ2v) is 3.60. The molecular weight excluding hydrogens is 180 g/mol. The number of aliphatic hydroxyl groups is 3. The van der Waals surface area contributed by atoms with Crippen LogP contribution in [0.25, 0.3) is 0 Å². The molecule has 0 aliphatic carbocycles. The number of hydrogen-bond acceptors (Lipinski definition) is 3. The Bertz CT molecular complexity index is 289. The highest BCUT2D eigenvalue weighted by Gasteiger charge is 2.44. The molecule has 0 aliphatic heterocycles.